The summed E-state index contributed by atoms with van der Waals surface area (Å²) in [5, 5.41) is 2.79. The van der Waals surface area contributed by atoms with Crippen LogP contribution in [0.1, 0.15) is 22.5 Å². The minimum Gasteiger partial charge on any atom is -0.497 e. The van der Waals surface area contributed by atoms with Gasteiger partial charge in [-0.05, 0) is 53.8 Å². The van der Waals surface area contributed by atoms with Gasteiger partial charge >= 0.3 is 0 Å². The number of benzene rings is 2. The van der Waals surface area contributed by atoms with Crippen LogP contribution in [0.5, 0.6) is 23.0 Å². The molecular weight excluding hydrogens is 476 g/mol. The molecule has 37 heavy (non-hydrogen) atoms. The number of carbonyl (C=O) groups is 1. The van der Waals surface area contributed by atoms with Crippen LogP contribution in [0.25, 0.3) is 0 Å². The minimum atomic E-state index is -0.323. The smallest absolute Gasteiger partial charge is 0.257 e. The van der Waals surface area contributed by atoms with Gasteiger partial charge < -0.3 is 28.7 Å². The van der Waals surface area contributed by atoms with Gasteiger partial charge in [-0.3, -0.25) is 14.5 Å². The predicted octanol–water partition coefficient (Wildman–Crippen LogP) is 2.96. The Bertz CT molecular complexity index is 1270. The number of nitrogens with one attached hydrogen (secondary N) is 1. The topological polar surface area (TPSA) is 99.5 Å². The SMILES string of the molecule is COc1ccc(CCNC(=O)COc2coc(CN3CCc4cc(OC)c(OC)cc4C3)cc2=O)cc1. The molecule has 0 saturated heterocycles. The van der Waals surface area contributed by atoms with E-state index in [9.17, 15) is 9.59 Å². The third-order valence-corrected chi connectivity index (χ3v) is 6.28. The number of amides is 1. The molecule has 0 unspecified atom stereocenters. The molecule has 0 fully saturated rings. The maximum Gasteiger partial charge on any atom is 0.257 e. The lowest BCUT2D eigenvalue weighted by atomic mass is 9.98. The molecule has 1 aliphatic heterocycles. The molecule has 3 aromatic rings. The van der Waals surface area contributed by atoms with E-state index in [0.717, 1.165) is 35.6 Å². The standard InChI is InChI=1S/C28H32N2O7/c1-33-22-6-4-19(5-7-22)8-10-29-28(32)18-37-27-17-36-23(14-24(27)31)16-30-11-9-20-12-25(34-2)26(35-3)13-21(20)15-30/h4-7,12-14,17H,8-11,15-16,18H2,1-3H3,(H,29,32). The lowest BCUT2D eigenvalue weighted by molar-refractivity contribution is -0.123. The Balaban J connectivity index is 1.25. The maximum absolute atomic E-state index is 12.5. The van der Waals surface area contributed by atoms with E-state index in [-0.39, 0.29) is 23.7 Å². The largest absolute Gasteiger partial charge is 0.497 e. The van der Waals surface area contributed by atoms with Crippen LogP contribution in [0.4, 0.5) is 0 Å². The quantitative estimate of drug-likeness (QED) is 0.422. The molecule has 0 bridgehead atoms. The summed E-state index contributed by atoms with van der Waals surface area (Å²) >= 11 is 0. The van der Waals surface area contributed by atoms with Gasteiger partial charge in [-0.15, -0.1) is 0 Å². The highest BCUT2D eigenvalue weighted by atomic mass is 16.5. The Kier molecular flexibility index (Phi) is 8.68. The molecule has 196 valence electrons. The Morgan fingerprint density at radius 3 is 2.38 bits per heavy atom. The van der Waals surface area contributed by atoms with E-state index in [2.05, 4.69) is 10.2 Å². The van der Waals surface area contributed by atoms with Gasteiger partial charge in [-0.2, -0.15) is 0 Å². The number of hydrogen-bond donors (Lipinski definition) is 1. The summed E-state index contributed by atoms with van der Waals surface area (Å²) < 4.78 is 27.0. The van der Waals surface area contributed by atoms with Crippen molar-refractivity contribution in [1.82, 2.24) is 10.2 Å². The average Bonchev–Trinajstić information content (AvgIpc) is 2.92. The van der Waals surface area contributed by atoms with Gasteiger partial charge in [0.15, 0.2) is 18.1 Å². The van der Waals surface area contributed by atoms with Gasteiger partial charge in [0.25, 0.3) is 5.91 Å². The van der Waals surface area contributed by atoms with Gasteiger partial charge in [0.1, 0.15) is 17.8 Å². The van der Waals surface area contributed by atoms with Crippen molar-refractivity contribution in [2.75, 3.05) is 41.0 Å². The molecule has 9 nitrogen and oxygen atoms in total. The third kappa shape index (κ3) is 6.83. The van der Waals surface area contributed by atoms with Crippen LogP contribution >= 0.6 is 0 Å². The highest BCUT2D eigenvalue weighted by molar-refractivity contribution is 5.77. The molecule has 2 heterocycles. The zero-order valence-corrected chi connectivity index (χ0v) is 21.4. The molecule has 1 aromatic heterocycles. The number of hydrogen-bond acceptors (Lipinski definition) is 8. The van der Waals surface area contributed by atoms with E-state index < -0.39 is 0 Å². The summed E-state index contributed by atoms with van der Waals surface area (Å²) in [5.74, 6) is 2.44. The number of methoxy groups -OCH3 is 3. The van der Waals surface area contributed by atoms with Gasteiger partial charge in [-0.25, -0.2) is 0 Å². The molecule has 0 atom stereocenters. The first-order valence-corrected chi connectivity index (χ1v) is 12.1. The van der Waals surface area contributed by atoms with Crippen molar-refractivity contribution in [3.05, 3.63) is 81.4 Å². The zero-order chi connectivity index (χ0) is 26.2. The van der Waals surface area contributed by atoms with E-state index in [1.165, 1.54) is 17.9 Å². The first kappa shape index (κ1) is 26.1. The zero-order valence-electron chi connectivity index (χ0n) is 21.4. The third-order valence-electron chi connectivity index (χ3n) is 6.28. The van der Waals surface area contributed by atoms with Crippen molar-refractivity contribution in [3.8, 4) is 23.0 Å². The number of carbonyl (C=O) groups excluding carboxylic acids is 1. The average molecular weight is 509 g/mol. The van der Waals surface area contributed by atoms with Crippen LogP contribution < -0.4 is 29.7 Å². The maximum atomic E-state index is 12.5. The van der Waals surface area contributed by atoms with E-state index >= 15 is 0 Å². The van der Waals surface area contributed by atoms with Gasteiger partial charge in [0, 0.05) is 25.7 Å². The predicted molar refractivity (Wildman–Crippen MR) is 138 cm³/mol. The second-order valence-electron chi connectivity index (χ2n) is 8.75. The van der Waals surface area contributed by atoms with Crippen LogP contribution in [0.2, 0.25) is 0 Å². The van der Waals surface area contributed by atoms with Crippen LogP contribution in [-0.2, 0) is 30.7 Å². The molecule has 9 heteroatoms. The van der Waals surface area contributed by atoms with Crippen molar-refractivity contribution < 1.29 is 28.2 Å². The molecule has 0 radical (unpaired) electrons. The van der Waals surface area contributed by atoms with Crippen molar-refractivity contribution in [1.29, 1.82) is 0 Å². The molecule has 1 aliphatic rings. The van der Waals surface area contributed by atoms with Gasteiger partial charge in [0.05, 0.1) is 27.9 Å². The van der Waals surface area contributed by atoms with Crippen LogP contribution in [0.15, 0.2) is 57.9 Å². The van der Waals surface area contributed by atoms with Crippen LogP contribution in [0.3, 0.4) is 0 Å². The van der Waals surface area contributed by atoms with Crippen molar-refractivity contribution in [2.45, 2.75) is 25.9 Å². The Morgan fingerprint density at radius 1 is 0.973 bits per heavy atom. The van der Waals surface area contributed by atoms with E-state index in [1.54, 1.807) is 21.3 Å². The molecular formula is C28H32N2O7. The monoisotopic (exact) mass is 508 g/mol. The summed E-state index contributed by atoms with van der Waals surface area (Å²) in [4.78, 5) is 26.8. The molecule has 2 aromatic carbocycles. The molecule has 4 rings (SSSR count). The lowest BCUT2D eigenvalue weighted by Crippen LogP contribution is -2.31. The summed E-state index contributed by atoms with van der Waals surface area (Å²) in [6.45, 7) is 2.20. The molecule has 1 N–H and O–H groups in total. The molecule has 0 saturated carbocycles. The highest BCUT2D eigenvalue weighted by Gasteiger charge is 2.20. The Morgan fingerprint density at radius 2 is 1.70 bits per heavy atom. The minimum absolute atomic E-state index is 0.00914. The number of fused-ring (bicyclic) bond motifs is 1. The fraction of sp³-hybridized carbons (Fsp3) is 0.357. The first-order valence-electron chi connectivity index (χ1n) is 12.1. The fourth-order valence-corrected chi connectivity index (χ4v) is 4.26. The van der Waals surface area contributed by atoms with E-state index in [0.29, 0.717) is 37.6 Å². The number of ether oxygens (including phenoxy) is 4. The second kappa shape index (κ2) is 12.3. The van der Waals surface area contributed by atoms with Crippen LogP contribution in [-0.4, -0.2) is 51.8 Å². The summed E-state index contributed by atoms with van der Waals surface area (Å²) in [7, 11) is 4.87. The normalized spacial score (nSPS) is 12.9. The lowest BCUT2D eigenvalue weighted by Gasteiger charge is -2.29. The summed E-state index contributed by atoms with van der Waals surface area (Å²) in [6, 6.07) is 13.1. The van der Waals surface area contributed by atoms with Gasteiger partial charge in [0.2, 0.25) is 11.2 Å². The van der Waals surface area contributed by atoms with Crippen molar-refractivity contribution in [3.63, 3.8) is 0 Å². The highest BCUT2D eigenvalue weighted by Crippen LogP contribution is 2.33. The first-order chi connectivity index (χ1) is 18.0. The Labute approximate surface area is 215 Å². The Hall–Kier alpha value is -3.98. The number of nitrogens with zero attached hydrogens (tertiary/aromatic N) is 1. The van der Waals surface area contributed by atoms with E-state index in [1.807, 2.05) is 36.4 Å². The molecule has 0 aliphatic carbocycles. The summed E-state index contributed by atoms with van der Waals surface area (Å²) in [5.41, 5.74) is 3.14. The van der Waals surface area contributed by atoms with Crippen molar-refractivity contribution >= 4 is 5.91 Å². The van der Waals surface area contributed by atoms with E-state index in [4.69, 9.17) is 23.4 Å². The van der Waals surface area contributed by atoms with Gasteiger partial charge in [-0.1, -0.05) is 12.1 Å². The number of rotatable bonds is 11. The fourth-order valence-electron chi connectivity index (χ4n) is 4.26. The van der Waals surface area contributed by atoms with Crippen molar-refractivity contribution in [2.24, 2.45) is 0 Å². The van der Waals surface area contributed by atoms with Crippen LogP contribution in [0, 0.1) is 0 Å². The molecule has 1 amide bonds. The summed E-state index contributed by atoms with van der Waals surface area (Å²) in [6.07, 6.45) is 2.80. The molecule has 0 spiro atoms. The second-order valence-corrected chi connectivity index (χ2v) is 8.75.